The molecule has 0 aromatic heterocycles. The molecule has 0 saturated carbocycles. The Bertz CT molecular complexity index is 381. The first-order valence-corrected chi connectivity index (χ1v) is 5.78. The first-order valence-electron chi connectivity index (χ1n) is 4.23. The minimum absolute atomic E-state index is 0.147. The molecule has 3 nitrogen and oxygen atoms in total. The van der Waals surface area contributed by atoms with Gasteiger partial charge in [0.15, 0.2) is 5.44 Å². The van der Waals surface area contributed by atoms with Crippen molar-refractivity contribution in [1.29, 1.82) is 0 Å². The van der Waals surface area contributed by atoms with Gasteiger partial charge in [-0.3, -0.25) is 0 Å². The predicted octanol–water partition coefficient (Wildman–Crippen LogP) is 1.39. The van der Waals surface area contributed by atoms with Gasteiger partial charge in [-0.1, -0.05) is 32.0 Å². The maximum Gasteiger partial charge on any atom is 0.205 e. The molecule has 1 radical (unpaired) electrons. The molecule has 0 bridgehead atoms. The average Bonchev–Trinajstić information content (AvgIpc) is 2.18. The maximum atomic E-state index is 11.7. The van der Waals surface area contributed by atoms with Crippen molar-refractivity contribution in [2.45, 2.75) is 24.2 Å². The van der Waals surface area contributed by atoms with Gasteiger partial charge in [-0.2, -0.15) is 0 Å². The van der Waals surface area contributed by atoms with E-state index in [2.05, 4.69) is 0 Å². The number of hydrogen-bond donors (Lipinski definition) is 1. The standard InChI is InChI=1S/C10H13O3S/c1-8(2)10(11)14(12,13)9-6-4-3-5-7-9/h3-7,10-11H,1-2H3. The first kappa shape index (κ1) is 11.2. The highest BCUT2D eigenvalue weighted by Crippen LogP contribution is 2.19. The average molecular weight is 213 g/mol. The van der Waals surface area contributed by atoms with Crippen molar-refractivity contribution in [3.63, 3.8) is 0 Å². The summed E-state index contributed by atoms with van der Waals surface area (Å²) in [5.74, 6) is 0.467. The fourth-order valence-electron chi connectivity index (χ4n) is 1.05. The molecule has 1 atom stereocenters. The fraction of sp³-hybridized carbons (Fsp3) is 0.300. The summed E-state index contributed by atoms with van der Waals surface area (Å²) >= 11 is 0. The third kappa shape index (κ3) is 2.13. The Labute approximate surface area is 84.3 Å². The summed E-state index contributed by atoms with van der Waals surface area (Å²) in [5.41, 5.74) is -1.41. The van der Waals surface area contributed by atoms with Gasteiger partial charge in [-0.05, 0) is 12.1 Å². The smallest absolute Gasteiger partial charge is 0.205 e. The number of hydrogen-bond acceptors (Lipinski definition) is 3. The van der Waals surface area contributed by atoms with Gasteiger partial charge in [0.1, 0.15) is 0 Å². The molecule has 14 heavy (non-hydrogen) atoms. The molecular formula is C10H13O3S. The van der Waals surface area contributed by atoms with Gasteiger partial charge < -0.3 is 5.11 Å². The monoisotopic (exact) mass is 213 g/mol. The van der Waals surface area contributed by atoms with E-state index in [9.17, 15) is 13.5 Å². The molecule has 1 rings (SSSR count). The Morgan fingerprint density at radius 2 is 1.71 bits per heavy atom. The van der Waals surface area contributed by atoms with E-state index < -0.39 is 15.3 Å². The SMILES string of the molecule is C[C](C)C(O)S(=O)(=O)c1ccccc1. The van der Waals surface area contributed by atoms with Crippen molar-refractivity contribution in [3.8, 4) is 0 Å². The number of aliphatic hydroxyl groups is 1. The van der Waals surface area contributed by atoms with Crippen molar-refractivity contribution >= 4 is 9.84 Å². The van der Waals surface area contributed by atoms with Gasteiger partial charge in [0.2, 0.25) is 9.84 Å². The third-order valence-electron chi connectivity index (χ3n) is 1.86. The van der Waals surface area contributed by atoms with Crippen LogP contribution in [0.2, 0.25) is 0 Å². The van der Waals surface area contributed by atoms with Crippen LogP contribution in [0.1, 0.15) is 13.8 Å². The summed E-state index contributed by atoms with van der Waals surface area (Å²) in [6.45, 7) is 3.18. The summed E-state index contributed by atoms with van der Waals surface area (Å²) < 4.78 is 23.4. The summed E-state index contributed by atoms with van der Waals surface area (Å²) in [5, 5.41) is 9.48. The van der Waals surface area contributed by atoms with Crippen LogP contribution in [-0.4, -0.2) is 19.0 Å². The second-order valence-electron chi connectivity index (χ2n) is 3.29. The van der Waals surface area contributed by atoms with Crippen LogP contribution < -0.4 is 0 Å². The first-order chi connectivity index (χ1) is 6.46. The minimum atomic E-state index is -3.62. The molecule has 0 spiro atoms. The Kier molecular flexibility index (Phi) is 3.29. The number of benzene rings is 1. The molecule has 4 heteroatoms. The maximum absolute atomic E-state index is 11.7. The molecule has 0 heterocycles. The van der Waals surface area contributed by atoms with Crippen LogP contribution in [-0.2, 0) is 9.84 Å². The van der Waals surface area contributed by atoms with E-state index in [1.54, 1.807) is 32.0 Å². The number of rotatable bonds is 3. The third-order valence-corrected chi connectivity index (χ3v) is 3.85. The topological polar surface area (TPSA) is 54.4 Å². The Morgan fingerprint density at radius 3 is 2.14 bits per heavy atom. The lowest BCUT2D eigenvalue weighted by molar-refractivity contribution is 0.261. The molecule has 77 valence electrons. The summed E-state index contributed by atoms with van der Waals surface area (Å²) in [6.07, 6.45) is 0. The minimum Gasteiger partial charge on any atom is -0.376 e. The predicted molar refractivity (Wildman–Crippen MR) is 54.2 cm³/mol. The van der Waals surface area contributed by atoms with Crippen molar-refractivity contribution in [2.75, 3.05) is 0 Å². The Balaban J connectivity index is 3.10. The van der Waals surface area contributed by atoms with Crippen LogP contribution in [0.3, 0.4) is 0 Å². The molecule has 0 aliphatic carbocycles. The molecular weight excluding hydrogens is 200 g/mol. The molecule has 1 unspecified atom stereocenters. The van der Waals surface area contributed by atoms with Gasteiger partial charge in [0.25, 0.3) is 0 Å². The molecule has 0 saturated heterocycles. The van der Waals surface area contributed by atoms with E-state index in [-0.39, 0.29) is 4.90 Å². The van der Waals surface area contributed by atoms with E-state index in [0.717, 1.165) is 0 Å². The van der Waals surface area contributed by atoms with Gasteiger partial charge in [0.05, 0.1) is 4.90 Å². The van der Waals surface area contributed by atoms with Gasteiger partial charge >= 0.3 is 0 Å². The highest BCUT2D eigenvalue weighted by atomic mass is 32.2. The largest absolute Gasteiger partial charge is 0.376 e. The molecule has 1 aromatic rings. The highest BCUT2D eigenvalue weighted by Gasteiger charge is 2.27. The molecule has 1 N–H and O–H groups in total. The van der Waals surface area contributed by atoms with Gasteiger partial charge in [0, 0.05) is 5.92 Å². The molecule has 1 aromatic carbocycles. The second kappa shape index (κ2) is 4.11. The van der Waals surface area contributed by atoms with E-state index in [4.69, 9.17) is 0 Å². The Morgan fingerprint density at radius 1 is 1.21 bits per heavy atom. The van der Waals surface area contributed by atoms with E-state index in [0.29, 0.717) is 5.92 Å². The highest BCUT2D eigenvalue weighted by molar-refractivity contribution is 7.92. The van der Waals surface area contributed by atoms with Crippen LogP contribution >= 0.6 is 0 Å². The van der Waals surface area contributed by atoms with Gasteiger partial charge in [-0.25, -0.2) is 8.42 Å². The second-order valence-corrected chi connectivity index (χ2v) is 5.30. The van der Waals surface area contributed by atoms with Crippen molar-refractivity contribution < 1.29 is 13.5 Å². The molecule has 0 fully saturated rings. The quantitative estimate of drug-likeness (QED) is 0.825. The molecule has 0 aliphatic heterocycles. The normalized spacial score (nSPS) is 14.3. The van der Waals surface area contributed by atoms with Crippen LogP contribution in [0.4, 0.5) is 0 Å². The van der Waals surface area contributed by atoms with Crippen LogP contribution in [0.5, 0.6) is 0 Å². The number of sulfone groups is 1. The summed E-state index contributed by atoms with van der Waals surface area (Å²) in [4.78, 5) is 0.147. The fourth-order valence-corrected chi connectivity index (χ4v) is 2.46. The summed E-state index contributed by atoms with van der Waals surface area (Å²) in [7, 11) is -3.62. The number of aliphatic hydroxyl groups excluding tert-OH is 1. The molecule has 0 aliphatic rings. The van der Waals surface area contributed by atoms with Crippen molar-refractivity contribution in [2.24, 2.45) is 0 Å². The van der Waals surface area contributed by atoms with Crippen molar-refractivity contribution in [1.82, 2.24) is 0 Å². The lowest BCUT2D eigenvalue weighted by atomic mass is 10.2. The zero-order chi connectivity index (χ0) is 10.8. The van der Waals surface area contributed by atoms with Crippen LogP contribution in [0.25, 0.3) is 0 Å². The van der Waals surface area contributed by atoms with E-state index >= 15 is 0 Å². The zero-order valence-corrected chi connectivity index (χ0v) is 8.95. The lowest BCUT2D eigenvalue weighted by Gasteiger charge is -2.14. The zero-order valence-electron chi connectivity index (χ0n) is 8.14. The van der Waals surface area contributed by atoms with Gasteiger partial charge in [-0.15, -0.1) is 0 Å². The van der Waals surface area contributed by atoms with Crippen molar-refractivity contribution in [3.05, 3.63) is 36.2 Å². The Hall–Kier alpha value is -0.870. The summed E-state index contributed by atoms with van der Waals surface area (Å²) in [6, 6.07) is 7.94. The van der Waals surface area contributed by atoms with E-state index in [1.165, 1.54) is 12.1 Å². The molecule has 0 amide bonds. The van der Waals surface area contributed by atoms with Crippen LogP contribution in [0, 0.1) is 5.92 Å². The van der Waals surface area contributed by atoms with Crippen LogP contribution in [0.15, 0.2) is 35.2 Å². The van der Waals surface area contributed by atoms with E-state index in [1.807, 2.05) is 0 Å². The lowest BCUT2D eigenvalue weighted by Crippen LogP contribution is -2.25.